The largest absolute Gasteiger partial charge is 0.455 e. The van der Waals surface area contributed by atoms with Gasteiger partial charge in [-0.15, -0.1) is 0 Å². The van der Waals surface area contributed by atoms with Gasteiger partial charge in [0.05, 0.1) is 12.1 Å². The summed E-state index contributed by atoms with van der Waals surface area (Å²) < 4.78 is 12.7. The lowest BCUT2D eigenvalue weighted by Gasteiger charge is -2.50. The van der Waals surface area contributed by atoms with Crippen molar-refractivity contribution in [3.63, 3.8) is 0 Å². The number of rotatable bonds is 4. The molecule has 0 amide bonds. The predicted octanol–water partition coefficient (Wildman–Crippen LogP) is 0.495. The summed E-state index contributed by atoms with van der Waals surface area (Å²) in [5, 5.41) is 0. The zero-order valence-electron chi connectivity index (χ0n) is 19.1. The maximum absolute atomic E-state index is 13.2. The Morgan fingerprint density at radius 1 is 1.00 bits per heavy atom. The van der Waals surface area contributed by atoms with E-state index in [4.69, 9.17) is 9.47 Å². The molecule has 5 heteroatoms. The number of quaternary nitrogens is 2. The van der Waals surface area contributed by atoms with Gasteiger partial charge in [0.25, 0.3) is 0 Å². The van der Waals surface area contributed by atoms with Gasteiger partial charge in [0, 0.05) is 17.4 Å². The van der Waals surface area contributed by atoms with Crippen LogP contribution in [0.15, 0.2) is 30.3 Å². The monoisotopic (exact) mass is 426 g/mol. The standard InChI is InChI=1S/C26H36N2O3/c1-18-8-9-22-20(23(29)30-26(22)21(18)10-11-25(2)24(26)31-25)17-28-14-12-27(13-15-28)16-19-6-4-3-5-7-19/h3-7,18,20-22,24H,8-17H2,1-2H3/p+2/t18-,20+,21+,22+,24-,25-,26-/m1/s1. The van der Waals surface area contributed by atoms with E-state index in [1.807, 2.05) is 0 Å². The van der Waals surface area contributed by atoms with Crippen LogP contribution in [-0.4, -0.2) is 56.0 Å². The SMILES string of the molecule is C[C@@H]1CC[C@H]2[C@H](C[NH+]3CC[NH+](Cc4ccccc4)CC3)C(=O)O[C@]23[C@H]1CC[C@@]1(C)O[C@@H]31. The molecule has 2 N–H and O–H groups in total. The number of hydrogen-bond acceptors (Lipinski definition) is 3. The van der Waals surface area contributed by atoms with Crippen LogP contribution in [0.1, 0.15) is 45.1 Å². The molecule has 2 aliphatic carbocycles. The molecule has 5 nitrogen and oxygen atoms in total. The van der Waals surface area contributed by atoms with E-state index in [1.165, 1.54) is 25.1 Å². The predicted molar refractivity (Wildman–Crippen MR) is 117 cm³/mol. The second-order valence-electron chi connectivity index (χ2n) is 11.4. The molecule has 7 atom stereocenters. The number of hydrogen-bond donors (Lipinski definition) is 2. The molecule has 5 fully saturated rings. The van der Waals surface area contributed by atoms with Gasteiger partial charge in [-0.25, -0.2) is 0 Å². The molecule has 0 bridgehead atoms. The van der Waals surface area contributed by atoms with E-state index in [1.54, 1.807) is 9.80 Å². The molecule has 1 spiro atoms. The number of carbonyl (C=O) groups excluding carboxylic acids is 1. The van der Waals surface area contributed by atoms with Crippen molar-refractivity contribution < 1.29 is 24.1 Å². The molecular formula is C26H38N2O3+2. The summed E-state index contributed by atoms with van der Waals surface area (Å²) in [7, 11) is 0. The molecule has 1 aromatic carbocycles. The summed E-state index contributed by atoms with van der Waals surface area (Å²) in [6.45, 7) is 11.4. The Balaban J connectivity index is 1.13. The van der Waals surface area contributed by atoms with Gasteiger partial charge in [0.2, 0.25) is 0 Å². The summed E-state index contributed by atoms with van der Waals surface area (Å²) in [6.07, 6.45) is 4.78. The van der Waals surface area contributed by atoms with Gasteiger partial charge in [-0.2, -0.15) is 0 Å². The van der Waals surface area contributed by atoms with E-state index in [-0.39, 0.29) is 29.2 Å². The van der Waals surface area contributed by atoms with E-state index >= 15 is 0 Å². The summed E-state index contributed by atoms with van der Waals surface area (Å²) in [5.41, 5.74) is 1.06. The topological polar surface area (TPSA) is 47.7 Å². The molecule has 31 heavy (non-hydrogen) atoms. The second-order valence-corrected chi connectivity index (χ2v) is 11.4. The lowest BCUT2D eigenvalue weighted by atomic mass is 9.55. The number of benzene rings is 1. The Morgan fingerprint density at radius 3 is 2.52 bits per heavy atom. The van der Waals surface area contributed by atoms with Gasteiger partial charge in [0.15, 0.2) is 0 Å². The normalized spacial score (nSPS) is 48.3. The van der Waals surface area contributed by atoms with Crippen molar-refractivity contribution in [3.05, 3.63) is 35.9 Å². The fraction of sp³-hybridized carbons (Fsp3) is 0.731. The number of esters is 1. The number of ether oxygens (including phenoxy) is 2. The molecule has 1 aromatic rings. The summed E-state index contributed by atoms with van der Waals surface area (Å²) in [6, 6.07) is 10.8. The van der Waals surface area contributed by atoms with Crippen molar-refractivity contribution in [3.8, 4) is 0 Å². The lowest BCUT2D eigenvalue weighted by Crippen LogP contribution is -3.27. The second kappa shape index (κ2) is 7.29. The van der Waals surface area contributed by atoms with Gasteiger partial charge in [-0.3, -0.25) is 4.79 Å². The van der Waals surface area contributed by atoms with E-state index in [0.29, 0.717) is 17.8 Å². The molecule has 3 heterocycles. The van der Waals surface area contributed by atoms with E-state index < -0.39 is 0 Å². The molecule has 3 saturated heterocycles. The highest BCUT2D eigenvalue weighted by molar-refractivity contribution is 5.77. The van der Waals surface area contributed by atoms with Crippen LogP contribution in [0.2, 0.25) is 0 Å². The Morgan fingerprint density at radius 2 is 1.74 bits per heavy atom. The minimum atomic E-state index is -0.327. The molecule has 6 rings (SSSR count). The van der Waals surface area contributed by atoms with Crippen molar-refractivity contribution in [2.75, 3.05) is 32.7 Å². The minimum Gasteiger partial charge on any atom is -0.455 e. The van der Waals surface area contributed by atoms with Crippen molar-refractivity contribution in [1.82, 2.24) is 0 Å². The molecule has 0 radical (unpaired) electrons. The first-order valence-corrected chi connectivity index (χ1v) is 12.6. The van der Waals surface area contributed by atoms with Crippen LogP contribution in [0.3, 0.4) is 0 Å². The number of fused-ring (bicyclic) bond motifs is 1. The molecule has 2 saturated carbocycles. The number of piperazine rings is 1. The molecule has 0 unspecified atom stereocenters. The highest BCUT2D eigenvalue weighted by Crippen LogP contribution is 2.66. The van der Waals surface area contributed by atoms with Crippen LogP contribution in [0.25, 0.3) is 0 Å². The zero-order chi connectivity index (χ0) is 21.2. The fourth-order valence-corrected chi connectivity index (χ4v) is 7.82. The quantitative estimate of drug-likeness (QED) is 0.544. The van der Waals surface area contributed by atoms with Crippen molar-refractivity contribution in [2.24, 2.45) is 23.7 Å². The van der Waals surface area contributed by atoms with Crippen LogP contribution >= 0.6 is 0 Å². The van der Waals surface area contributed by atoms with Crippen LogP contribution in [0, 0.1) is 23.7 Å². The Hall–Kier alpha value is -1.43. The first kappa shape index (κ1) is 20.2. The van der Waals surface area contributed by atoms with Gasteiger partial charge in [0.1, 0.15) is 50.3 Å². The van der Waals surface area contributed by atoms with Crippen LogP contribution in [0.5, 0.6) is 0 Å². The lowest BCUT2D eigenvalue weighted by molar-refractivity contribution is -1.02. The van der Waals surface area contributed by atoms with E-state index in [2.05, 4.69) is 44.2 Å². The summed E-state index contributed by atoms with van der Waals surface area (Å²) in [5.74, 6) is 1.62. The molecule has 5 aliphatic rings. The first-order valence-electron chi connectivity index (χ1n) is 12.6. The zero-order valence-corrected chi connectivity index (χ0v) is 19.1. The maximum Gasteiger partial charge on any atom is 0.315 e. The van der Waals surface area contributed by atoms with Gasteiger partial charge < -0.3 is 19.3 Å². The smallest absolute Gasteiger partial charge is 0.315 e. The maximum atomic E-state index is 13.2. The Kier molecular flexibility index (Phi) is 4.75. The minimum absolute atomic E-state index is 0.0414. The average molecular weight is 427 g/mol. The molecule has 0 aromatic heterocycles. The Bertz CT molecular complexity index is 838. The van der Waals surface area contributed by atoms with E-state index in [0.717, 1.165) is 45.4 Å². The van der Waals surface area contributed by atoms with Crippen LogP contribution in [0.4, 0.5) is 0 Å². The highest BCUT2D eigenvalue weighted by atomic mass is 16.7. The van der Waals surface area contributed by atoms with Crippen LogP contribution in [-0.2, 0) is 20.8 Å². The molecule has 168 valence electrons. The number of epoxide rings is 1. The summed E-state index contributed by atoms with van der Waals surface area (Å²) in [4.78, 5) is 16.5. The van der Waals surface area contributed by atoms with Gasteiger partial charge >= 0.3 is 5.97 Å². The van der Waals surface area contributed by atoms with Gasteiger partial charge in [-0.1, -0.05) is 37.3 Å². The third-order valence-electron chi connectivity index (χ3n) is 9.56. The third kappa shape index (κ3) is 3.19. The number of carbonyl (C=O) groups is 1. The summed E-state index contributed by atoms with van der Waals surface area (Å²) >= 11 is 0. The average Bonchev–Trinajstić information content (AvgIpc) is 3.40. The van der Waals surface area contributed by atoms with Gasteiger partial charge in [-0.05, 0) is 38.5 Å². The Labute approximate surface area is 186 Å². The van der Waals surface area contributed by atoms with E-state index in [9.17, 15) is 4.79 Å². The third-order valence-corrected chi connectivity index (χ3v) is 9.56. The van der Waals surface area contributed by atoms with Crippen molar-refractivity contribution in [1.29, 1.82) is 0 Å². The molecule has 3 aliphatic heterocycles. The van der Waals surface area contributed by atoms with Crippen molar-refractivity contribution in [2.45, 2.75) is 63.4 Å². The highest BCUT2D eigenvalue weighted by Gasteiger charge is 2.77. The van der Waals surface area contributed by atoms with Crippen LogP contribution < -0.4 is 9.80 Å². The molecular weight excluding hydrogens is 388 g/mol. The number of nitrogens with one attached hydrogen (secondary N) is 2. The first-order chi connectivity index (χ1) is 15.0. The van der Waals surface area contributed by atoms with Crippen molar-refractivity contribution >= 4 is 5.97 Å². The fourth-order valence-electron chi connectivity index (χ4n) is 7.82.